The van der Waals surface area contributed by atoms with Crippen LogP contribution in [-0.4, -0.2) is 5.78 Å². The second kappa shape index (κ2) is 4.29. The van der Waals surface area contributed by atoms with Gasteiger partial charge < -0.3 is 0 Å². The molecule has 1 nitrogen and oxygen atoms in total. The normalized spacial score (nSPS) is 30.1. The Labute approximate surface area is 111 Å². The van der Waals surface area contributed by atoms with E-state index in [0.717, 1.165) is 30.2 Å². The minimum absolute atomic E-state index is 0.299. The van der Waals surface area contributed by atoms with Crippen LogP contribution in [0.25, 0.3) is 0 Å². The molecular formula is C14H14Cl2O. The van der Waals surface area contributed by atoms with Crippen molar-refractivity contribution < 1.29 is 4.79 Å². The molecule has 0 aromatic heterocycles. The summed E-state index contributed by atoms with van der Waals surface area (Å²) in [6.07, 6.45) is 4.09. The fourth-order valence-corrected chi connectivity index (χ4v) is 3.29. The highest BCUT2D eigenvalue weighted by atomic mass is 35.5. The third kappa shape index (κ3) is 2.36. The second-order valence-corrected chi connectivity index (χ2v) is 6.13. The first kappa shape index (κ1) is 11.6. The van der Waals surface area contributed by atoms with Crippen molar-refractivity contribution in [2.24, 2.45) is 17.8 Å². The largest absolute Gasteiger partial charge is 0.299 e. The number of rotatable bonds is 3. The molecule has 90 valence electrons. The number of fused-ring (bicyclic) bond motifs is 1. The number of carbonyl (C=O) groups is 1. The molecule has 1 aromatic carbocycles. The lowest BCUT2D eigenvalue weighted by Gasteiger charge is -2.10. The minimum atomic E-state index is 0.299. The SMILES string of the molecule is O=C(Cc1ccc(Cl)c(Cl)c1)C1CC2CC2C1. The highest BCUT2D eigenvalue weighted by Crippen LogP contribution is 2.54. The molecule has 1 aromatic rings. The standard InChI is InChI=1S/C14H14Cl2O/c15-12-2-1-8(3-13(12)16)4-14(17)11-6-9-5-10(9)7-11/h1-3,9-11H,4-7H2. The lowest BCUT2D eigenvalue weighted by molar-refractivity contribution is -0.122. The van der Waals surface area contributed by atoms with E-state index < -0.39 is 0 Å². The van der Waals surface area contributed by atoms with Crippen molar-refractivity contribution >= 4 is 29.0 Å². The Hall–Kier alpha value is -0.530. The number of carbonyl (C=O) groups excluding carboxylic acids is 1. The number of ketones is 1. The molecule has 2 aliphatic carbocycles. The van der Waals surface area contributed by atoms with Gasteiger partial charge in [-0.3, -0.25) is 4.79 Å². The van der Waals surface area contributed by atoms with Crippen molar-refractivity contribution in [2.45, 2.75) is 25.7 Å². The van der Waals surface area contributed by atoms with Crippen molar-refractivity contribution in [2.75, 3.05) is 0 Å². The fourth-order valence-electron chi connectivity index (χ4n) is 2.97. The van der Waals surface area contributed by atoms with Crippen molar-refractivity contribution in [3.05, 3.63) is 33.8 Å². The molecule has 0 N–H and O–H groups in total. The summed E-state index contributed by atoms with van der Waals surface area (Å²) in [7, 11) is 0. The predicted molar refractivity (Wildman–Crippen MR) is 69.5 cm³/mol. The summed E-state index contributed by atoms with van der Waals surface area (Å²) in [5, 5.41) is 1.08. The molecule has 0 aliphatic heterocycles. The number of halogens is 2. The van der Waals surface area contributed by atoms with Crippen molar-refractivity contribution in [1.29, 1.82) is 0 Å². The number of benzene rings is 1. The Morgan fingerprint density at radius 2 is 1.82 bits per heavy atom. The zero-order valence-corrected chi connectivity index (χ0v) is 11.0. The maximum atomic E-state index is 12.1. The molecule has 17 heavy (non-hydrogen) atoms. The number of hydrogen-bond donors (Lipinski definition) is 0. The predicted octanol–water partition coefficient (Wildman–Crippen LogP) is 4.15. The molecule has 3 heteroatoms. The summed E-state index contributed by atoms with van der Waals surface area (Å²) in [6, 6.07) is 5.46. The maximum absolute atomic E-state index is 12.1. The number of Topliss-reactive ketones (excluding diaryl/α,β-unsaturated/α-hetero) is 1. The molecule has 0 spiro atoms. The van der Waals surface area contributed by atoms with Crippen LogP contribution in [0.4, 0.5) is 0 Å². The zero-order valence-electron chi connectivity index (χ0n) is 9.46. The minimum Gasteiger partial charge on any atom is -0.299 e. The van der Waals surface area contributed by atoms with Gasteiger partial charge in [0, 0.05) is 12.3 Å². The summed E-state index contributed by atoms with van der Waals surface area (Å²) in [4.78, 5) is 12.1. The molecule has 0 radical (unpaired) electrons. The van der Waals surface area contributed by atoms with E-state index in [1.54, 1.807) is 12.1 Å². The van der Waals surface area contributed by atoms with Gasteiger partial charge in [-0.15, -0.1) is 0 Å². The molecule has 0 saturated heterocycles. The molecule has 2 aliphatic rings. The first-order valence-corrected chi connectivity index (χ1v) is 6.85. The summed E-state index contributed by atoms with van der Waals surface area (Å²) in [5.41, 5.74) is 0.977. The summed E-state index contributed by atoms with van der Waals surface area (Å²) in [6.45, 7) is 0. The van der Waals surface area contributed by atoms with Crippen LogP contribution in [0.15, 0.2) is 18.2 Å². The van der Waals surface area contributed by atoms with Crippen LogP contribution in [0.1, 0.15) is 24.8 Å². The monoisotopic (exact) mass is 268 g/mol. The van der Waals surface area contributed by atoms with Gasteiger partial charge in [0.15, 0.2) is 0 Å². The van der Waals surface area contributed by atoms with Gasteiger partial charge >= 0.3 is 0 Å². The van der Waals surface area contributed by atoms with Gasteiger partial charge in [0.1, 0.15) is 5.78 Å². The van der Waals surface area contributed by atoms with E-state index in [9.17, 15) is 4.79 Å². The van der Waals surface area contributed by atoms with Gasteiger partial charge in [-0.2, -0.15) is 0 Å². The quantitative estimate of drug-likeness (QED) is 0.805. The van der Waals surface area contributed by atoms with Gasteiger partial charge in [-0.05, 0) is 48.8 Å². The molecule has 2 saturated carbocycles. The first-order valence-electron chi connectivity index (χ1n) is 6.10. The lowest BCUT2D eigenvalue weighted by atomic mass is 9.94. The maximum Gasteiger partial charge on any atom is 0.140 e. The second-order valence-electron chi connectivity index (χ2n) is 5.32. The highest BCUT2D eigenvalue weighted by Gasteiger charge is 2.47. The summed E-state index contributed by atoms with van der Waals surface area (Å²) in [5.74, 6) is 2.39. The zero-order chi connectivity index (χ0) is 12.0. The van der Waals surface area contributed by atoms with Crippen LogP contribution < -0.4 is 0 Å². The van der Waals surface area contributed by atoms with Crippen LogP contribution >= 0.6 is 23.2 Å². The fraction of sp³-hybridized carbons (Fsp3) is 0.500. The molecular weight excluding hydrogens is 255 g/mol. The average molecular weight is 269 g/mol. The molecule has 3 rings (SSSR count). The Bertz CT molecular complexity index is 459. The van der Waals surface area contributed by atoms with Gasteiger partial charge in [-0.1, -0.05) is 29.3 Å². The molecule has 0 bridgehead atoms. The first-order chi connectivity index (χ1) is 8.13. The molecule has 2 atom stereocenters. The topological polar surface area (TPSA) is 17.1 Å². The van der Waals surface area contributed by atoms with Gasteiger partial charge in [0.25, 0.3) is 0 Å². The van der Waals surface area contributed by atoms with Crippen LogP contribution in [0.2, 0.25) is 10.0 Å². The number of hydrogen-bond acceptors (Lipinski definition) is 1. The Kier molecular flexibility index (Phi) is 2.92. The van der Waals surface area contributed by atoms with E-state index >= 15 is 0 Å². The van der Waals surface area contributed by atoms with E-state index in [4.69, 9.17) is 23.2 Å². The van der Waals surface area contributed by atoms with E-state index in [0.29, 0.717) is 28.2 Å². The van der Waals surface area contributed by atoms with E-state index in [2.05, 4.69) is 0 Å². The van der Waals surface area contributed by atoms with Crippen molar-refractivity contribution in [1.82, 2.24) is 0 Å². The third-order valence-corrected chi connectivity index (χ3v) is 4.80. The molecule has 0 amide bonds. The smallest absolute Gasteiger partial charge is 0.140 e. The van der Waals surface area contributed by atoms with Gasteiger partial charge in [0.05, 0.1) is 10.0 Å². The van der Waals surface area contributed by atoms with Crippen molar-refractivity contribution in [3.63, 3.8) is 0 Å². The lowest BCUT2D eigenvalue weighted by Crippen LogP contribution is -2.15. The highest BCUT2D eigenvalue weighted by molar-refractivity contribution is 6.42. The Morgan fingerprint density at radius 1 is 1.12 bits per heavy atom. The van der Waals surface area contributed by atoms with Gasteiger partial charge in [0.2, 0.25) is 0 Å². The molecule has 0 heterocycles. The van der Waals surface area contributed by atoms with Crippen LogP contribution in [0.3, 0.4) is 0 Å². The Balaban J connectivity index is 1.65. The summed E-state index contributed by atoms with van der Waals surface area (Å²) < 4.78 is 0. The Morgan fingerprint density at radius 3 is 2.47 bits per heavy atom. The average Bonchev–Trinajstić information content (AvgIpc) is 2.91. The third-order valence-electron chi connectivity index (χ3n) is 4.06. The van der Waals surface area contributed by atoms with Crippen molar-refractivity contribution in [3.8, 4) is 0 Å². The van der Waals surface area contributed by atoms with Crippen LogP contribution in [0.5, 0.6) is 0 Å². The van der Waals surface area contributed by atoms with Gasteiger partial charge in [-0.25, -0.2) is 0 Å². The van der Waals surface area contributed by atoms with E-state index in [-0.39, 0.29) is 0 Å². The molecule has 2 unspecified atom stereocenters. The van der Waals surface area contributed by atoms with Crippen LogP contribution in [-0.2, 0) is 11.2 Å². The van der Waals surface area contributed by atoms with Crippen LogP contribution in [0, 0.1) is 17.8 Å². The summed E-state index contributed by atoms with van der Waals surface area (Å²) >= 11 is 11.8. The van der Waals surface area contributed by atoms with E-state index in [1.165, 1.54) is 6.42 Å². The molecule has 2 fully saturated rings. The van der Waals surface area contributed by atoms with E-state index in [1.807, 2.05) is 6.07 Å².